The molecule has 3 heterocycles. The summed E-state index contributed by atoms with van der Waals surface area (Å²) in [7, 11) is 0. The molecule has 3 aliphatic carbocycles. The molecule has 6 aliphatic rings. The van der Waals surface area contributed by atoms with E-state index in [0.717, 1.165) is 0 Å². The molecular weight excluding hydrogens is 808 g/mol. The Kier molecular flexibility index (Phi) is 8.65. The van der Waals surface area contributed by atoms with Gasteiger partial charge in [0.15, 0.2) is 0 Å². The van der Waals surface area contributed by atoms with E-state index in [1.165, 1.54) is 133 Å². The summed E-state index contributed by atoms with van der Waals surface area (Å²) in [5, 5.41) is 0. The van der Waals surface area contributed by atoms with Crippen LogP contribution in [0.5, 0.6) is 0 Å². The van der Waals surface area contributed by atoms with Crippen LogP contribution in [-0.4, -0.2) is 12.4 Å². The van der Waals surface area contributed by atoms with Crippen LogP contribution in [0.3, 0.4) is 0 Å². The molecule has 3 aliphatic heterocycles. The number of aryl methyl sites for hydroxylation is 1. The van der Waals surface area contributed by atoms with E-state index in [2.05, 4.69) is 211 Å². The second-order valence-corrected chi connectivity index (χ2v) is 26.4. The largest absolute Gasteiger partial charge is 0.400 e. The van der Waals surface area contributed by atoms with Crippen molar-refractivity contribution in [3.05, 3.63) is 142 Å². The van der Waals surface area contributed by atoms with Crippen molar-refractivity contribution in [2.24, 2.45) is 0 Å². The highest BCUT2D eigenvalue weighted by molar-refractivity contribution is 6.93. The molecule has 0 spiro atoms. The van der Waals surface area contributed by atoms with Crippen LogP contribution in [-0.2, 0) is 32.5 Å². The fourth-order valence-corrected chi connectivity index (χ4v) is 14.6. The average Bonchev–Trinajstić information content (AvgIpc) is 3.62. The number of rotatable bonds is 2. The smallest absolute Gasteiger partial charge is 0.328 e. The van der Waals surface area contributed by atoms with Crippen LogP contribution in [0, 0.1) is 6.92 Å². The van der Waals surface area contributed by atoms with Gasteiger partial charge in [-0.3, -0.25) is 0 Å². The highest BCUT2D eigenvalue weighted by atomic mass is 15.2. The molecule has 1 fully saturated rings. The van der Waals surface area contributed by atoms with Gasteiger partial charge in [0.25, 0.3) is 0 Å². The zero-order chi connectivity index (χ0) is 47.3. The van der Waals surface area contributed by atoms with Gasteiger partial charge in [-0.15, -0.1) is 0 Å². The lowest BCUT2D eigenvalue weighted by molar-refractivity contribution is 0.199. The van der Waals surface area contributed by atoms with Gasteiger partial charge in [-0.2, -0.15) is 0 Å². The Bertz CT molecular complexity index is 3130. The first-order chi connectivity index (χ1) is 31.4. The van der Waals surface area contributed by atoms with Crippen molar-refractivity contribution in [2.45, 2.75) is 180 Å². The van der Waals surface area contributed by atoms with Crippen molar-refractivity contribution in [1.82, 2.24) is 0 Å². The molecule has 342 valence electrons. The summed E-state index contributed by atoms with van der Waals surface area (Å²) in [6, 6.07) is 39.6. The van der Waals surface area contributed by atoms with Gasteiger partial charge in [0.2, 0.25) is 0 Å². The van der Waals surface area contributed by atoms with Crippen molar-refractivity contribution < 1.29 is 0 Å². The van der Waals surface area contributed by atoms with E-state index in [1.54, 1.807) is 16.7 Å². The minimum atomic E-state index is -0.253. The van der Waals surface area contributed by atoms with Crippen molar-refractivity contribution in [1.29, 1.82) is 0 Å². The average molecular weight is 881 g/mol. The molecule has 0 saturated heterocycles. The summed E-state index contributed by atoms with van der Waals surface area (Å²) in [6.45, 7) is 37.1. The van der Waals surface area contributed by atoms with Crippen molar-refractivity contribution in [2.75, 3.05) is 9.71 Å². The summed E-state index contributed by atoms with van der Waals surface area (Å²) >= 11 is 0. The number of anilines is 4. The quantitative estimate of drug-likeness (QED) is 0.160. The van der Waals surface area contributed by atoms with E-state index >= 15 is 0 Å². The second kappa shape index (κ2) is 13.4. The Morgan fingerprint density at radius 2 is 1.16 bits per heavy atom. The van der Waals surface area contributed by atoms with Crippen molar-refractivity contribution in [3.63, 3.8) is 0 Å². The third-order valence-corrected chi connectivity index (χ3v) is 19.0. The predicted octanol–water partition coefficient (Wildman–Crippen LogP) is 15.9. The normalized spacial score (nSPS) is 23.2. The van der Waals surface area contributed by atoms with Gasteiger partial charge in [-0.25, -0.2) is 0 Å². The van der Waals surface area contributed by atoms with E-state index in [0.29, 0.717) is 0 Å². The lowest BCUT2D eigenvalue weighted by Gasteiger charge is -2.55. The number of hydrogen-bond donors (Lipinski definition) is 0. The molecule has 3 heteroatoms. The summed E-state index contributed by atoms with van der Waals surface area (Å²) in [5.41, 5.74) is 28.5. The highest BCUT2D eigenvalue weighted by Gasteiger charge is 2.63. The molecular formula is C64H73BN2. The highest BCUT2D eigenvalue weighted by Crippen LogP contribution is 2.65. The van der Waals surface area contributed by atoms with Crippen LogP contribution < -0.4 is 20.6 Å². The summed E-state index contributed by atoms with van der Waals surface area (Å²) in [6.07, 6.45) is 7.39. The maximum absolute atomic E-state index is 3.03. The zero-order valence-corrected chi connectivity index (χ0v) is 43.5. The predicted molar refractivity (Wildman–Crippen MR) is 289 cm³/mol. The van der Waals surface area contributed by atoms with Crippen molar-refractivity contribution >= 4 is 40.5 Å². The Hall–Kier alpha value is -5.02. The maximum Gasteiger partial charge on any atom is 0.328 e. The maximum atomic E-state index is 3.03. The molecule has 6 aromatic carbocycles. The molecule has 2 atom stereocenters. The molecule has 2 unspecified atom stereocenters. The molecule has 0 bridgehead atoms. The molecule has 0 N–H and O–H groups in total. The van der Waals surface area contributed by atoms with Crippen LogP contribution in [0.25, 0.3) is 33.4 Å². The molecule has 67 heavy (non-hydrogen) atoms. The minimum Gasteiger partial charge on any atom is -0.400 e. The number of nitrogens with zero attached hydrogens (tertiary/aromatic N) is 2. The van der Waals surface area contributed by atoms with Gasteiger partial charge in [0, 0.05) is 44.6 Å². The van der Waals surface area contributed by atoms with E-state index in [9.17, 15) is 0 Å². The first-order valence-corrected chi connectivity index (χ1v) is 25.9. The van der Waals surface area contributed by atoms with Gasteiger partial charge in [0.05, 0.1) is 5.69 Å². The van der Waals surface area contributed by atoms with Gasteiger partial charge in [-0.1, -0.05) is 170 Å². The molecule has 6 aromatic rings. The third kappa shape index (κ3) is 5.64. The standard InChI is InChI=1S/C64H73BN2/c1-38-31-45-46-34-41(59(5,6)7)35-50-56(46)67(64(15)28-20-19-27-63(50,64)14)65-51-25-24-42-44-36-48-49(61(10,11)30-29-60(48,8)9)37-47(44)62(12,13)54(42)57(51)66(53(32-38)55(45)65)52-26-23-40(58(2,3)4)33-43(52)39-21-17-16-18-22-39/h16-18,21-26,31-37H,19-20,27-30H2,1-15H3. The zero-order valence-electron chi connectivity index (χ0n) is 43.5. The third-order valence-electron chi connectivity index (χ3n) is 19.0. The van der Waals surface area contributed by atoms with E-state index in [1.807, 2.05) is 0 Å². The molecule has 0 radical (unpaired) electrons. The van der Waals surface area contributed by atoms with Gasteiger partial charge in [-0.05, 0) is 169 Å². The van der Waals surface area contributed by atoms with Gasteiger partial charge in [0.1, 0.15) is 0 Å². The summed E-state index contributed by atoms with van der Waals surface area (Å²) in [4.78, 5) is 5.83. The molecule has 1 saturated carbocycles. The molecule has 2 nitrogen and oxygen atoms in total. The van der Waals surface area contributed by atoms with Gasteiger partial charge >= 0.3 is 6.85 Å². The monoisotopic (exact) mass is 881 g/mol. The molecule has 12 rings (SSSR count). The van der Waals surface area contributed by atoms with E-state index in [-0.39, 0.29) is 44.9 Å². The lowest BCUT2D eigenvalue weighted by Crippen LogP contribution is -2.71. The fourth-order valence-electron chi connectivity index (χ4n) is 14.6. The number of fused-ring (bicyclic) bond motifs is 12. The first kappa shape index (κ1) is 43.3. The molecule has 0 amide bonds. The summed E-state index contributed by atoms with van der Waals surface area (Å²) < 4.78 is 0. The second-order valence-electron chi connectivity index (χ2n) is 26.4. The Labute approximate surface area is 403 Å². The Morgan fingerprint density at radius 1 is 0.507 bits per heavy atom. The lowest BCUT2D eigenvalue weighted by atomic mass is 9.41. The first-order valence-electron chi connectivity index (χ1n) is 25.9. The van der Waals surface area contributed by atoms with E-state index < -0.39 is 0 Å². The Balaban J connectivity index is 1.23. The number of benzene rings is 6. The van der Waals surface area contributed by atoms with Gasteiger partial charge < -0.3 is 9.71 Å². The Morgan fingerprint density at radius 3 is 1.85 bits per heavy atom. The van der Waals surface area contributed by atoms with Crippen LogP contribution in [0.2, 0.25) is 0 Å². The topological polar surface area (TPSA) is 6.48 Å². The summed E-state index contributed by atoms with van der Waals surface area (Å²) in [5.74, 6) is 0. The van der Waals surface area contributed by atoms with Crippen LogP contribution >= 0.6 is 0 Å². The van der Waals surface area contributed by atoms with Crippen LogP contribution in [0.1, 0.15) is 180 Å². The SMILES string of the molecule is Cc1cc2c3c(c1)N(c1ccc(C(C)(C)C)cc1-c1ccccc1)c1c(ccc4c1C(C)(C)c1cc5c(cc1-4)C(C)(C)CCC5(C)C)B3N1c3c-2cc(C(C)(C)C)cc3C2(C)CCCCC12C. The van der Waals surface area contributed by atoms with Crippen LogP contribution in [0.15, 0.2) is 97.1 Å². The minimum absolute atomic E-state index is 0.00889. The molecule has 0 aromatic heterocycles. The fraction of sp³-hybridized carbons (Fsp3) is 0.438. The number of hydrogen-bond acceptors (Lipinski definition) is 2. The van der Waals surface area contributed by atoms with Crippen LogP contribution in [0.4, 0.5) is 22.7 Å². The van der Waals surface area contributed by atoms with E-state index in [4.69, 9.17) is 0 Å². The van der Waals surface area contributed by atoms with Crippen molar-refractivity contribution in [3.8, 4) is 33.4 Å².